The topological polar surface area (TPSA) is 67.8 Å². The van der Waals surface area contributed by atoms with Gasteiger partial charge in [0.1, 0.15) is 5.54 Å². The van der Waals surface area contributed by atoms with Crippen LogP contribution in [0, 0.1) is 5.92 Å². The van der Waals surface area contributed by atoms with Gasteiger partial charge in [0.25, 0.3) is 0 Å². The molecule has 2 atom stereocenters. The Kier molecular flexibility index (Phi) is 4.59. The van der Waals surface area contributed by atoms with Crippen LogP contribution in [-0.4, -0.2) is 49.1 Å². The molecule has 0 radical (unpaired) electrons. The summed E-state index contributed by atoms with van der Waals surface area (Å²) >= 11 is 0. The standard InChI is InChI=1S/C13H23NO4/c1-2-14-13(12(15)16,10-5-6-10)9-17-8-11-4-3-7-18-11/h10-11,14H,2-9H2,1H3,(H,15,16). The fourth-order valence-electron chi connectivity index (χ4n) is 2.64. The van der Waals surface area contributed by atoms with Crippen LogP contribution >= 0.6 is 0 Å². The summed E-state index contributed by atoms with van der Waals surface area (Å²) in [6.07, 6.45) is 4.20. The van der Waals surface area contributed by atoms with Gasteiger partial charge in [-0.2, -0.15) is 0 Å². The van der Waals surface area contributed by atoms with Crippen molar-refractivity contribution in [1.82, 2.24) is 5.32 Å². The summed E-state index contributed by atoms with van der Waals surface area (Å²) < 4.78 is 11.1. The lowest BCUT2D eigenvalue weighted by molar-refractivity contribution is -0.150. The van der Waals surface area contributed by atoms with Crippen LogP contribution in [0.1, 0.15) is 32.6 Å². The molecule has 2 N–H and O–H groups in total. The summed E-state index contributed by atoms with van der Waals surface area (Å²) in [5, 5.41) is 12.6. The lowest BCUT2D eigenvalue weighted by Gasteiger charge is -2.30. The van der Waals surface area contributed by atoms with Gasteiger partial charge in [-0.25, -0.2) is 0 Å². The maximum absolute atomic E-state index is 11.5. The molecule has 0 aromatic carbocycles. The molecule has 2 fully saturated rings. The van der Waals surface area contributed by atoms with E-state index in [-0.39, 0.29) is 18.6 Å². The highest BCUT2D eigenvalue weighted by molar-refractivity contribution is 5.80. The van der Waals surface area contributed by atoms with Crippen molar-refractivity contribution in [2.45, 2.75) is 44.2 Å². The van der Waals surface area contributed by atoms with Crippen LogP contribution in [0.5, 0.6) is 0 Å². The zero-order chi connectivity index (χ0) is 13.0. The zero-order valence-electron chi connectivity index (χ0n) is 11.0. The average Bonchev–Trinajstić information content (AvgIpc) is 3.06. The van der Waals surface area contributed by atoms with Crippen molar-refractivity contribution < 1.29 is 19.4 Å². The molecule has 0 bridgehead atoms. The predicted molar refractivity (Wildman–Crippen MR) is 66.6 cm³/mol. The third-order valence-electron chi connectivity index (χ3n) is 3.81. The number of hydrogen-bond donors (Lipinski definition) is 2. The van der Waals surface area contributed by atoms with Crippen molar-refractivity contribution in [3.63, 3.8) is 0 Å². The van der Waals surface area contributed by atoms with E-state index in [1.165, 1.54) is 0 Å². The molecule has 0 aromatic heterocycles. The number of hydrogen-bond acceptors (Lipinski definition) is 4. The molecule has 2 aliphatic rings. The number of carboxylic acid groups (broad SMARTS) is 1. The number of ether oxygens (including phenoxy) is 2. The van der Waals surface area contributed by atoms with Gasteiger partial charge in [0.15, 0.2) is 0 Å². The summed E-state index contributed by atoms with van der Waals surface area (Å²) in [4.78, 5) is 11.5. The highest BCUT2D eigenvalue weighted by Crippen LogP contribution is 2.40. The lowest BCUT2D eigenvalue weighted by atomic mass is 9.94. The van der Waals surface area contributed by atoms with Crippen LogP contribution < -0.4 is 5.32 Å². The molecule has 2 rings (SSSR count). The maximum Gasteiger partial charge on any atom is 0.326 e. The van der Waals surface area contributed by atoms with E-state index < -0.39 is 11.5 Å². The Balaban J connectivity index is 1.85. The number of carbonyl (C=O) groups is 1. The van der Waals surface area contributed by atoms with E-state index in [1.807, 2.05) is 6.92 Å². The average molecular weight is 257 g/mol. The first-order valence-corrected chi connectivity index (χ1v) is 6.87. The van der Waals surface area contributed by atoms with Crippen LogP contribution in [0.4, 0.5) is 0 Å². The van der Waals surface area contributed by atoms with Crippen molar-refractivity contribution in [3.8, 4) is 0 Å². The normalized spacial score (nSPS) is 27.1. The molecular formula is C13H23NO4. The molecule has 5 nitrogen and oxygen atoms in total. The number of rotatable bonds is 8. The fourth-order valence-corrected chi connectivity index (χ4v) is 2.64. The molecule has 1 heterocycles. The maximum atomic E-state index is 11.5. The van der Waals surface area contributed by atoms with Crippen LogP contribution in [0.25, 0.3) is 0 Å². The van der Waals surface area contributed by atoms with Crippen molar-refractivity contribution >= 4 is 5.97 Å². The zero-order valence-corrected chi connectivity index (χ0v) is 11.0. The summed E-state index contributed by atoms with van der Waals surface area (Å²) in [6, 6.07) is 0. The smallest absolute Gasteiger partial charge is 0.326 e. The highest BCUT2D eigenvalue weighted by atomic mass is 16.5. The Labute approximate surface area is 108 Å². The van der Waals surface area contributed by atoms with Gasteiger partial charge >= 0.3 is 5.97 Å². The first-order valence-electron chi connectivity index (χ1n) is 6.87. The van der Waals surface area contributed by atoms with E-state index >= 15 is 0 Å². The quantitative estimate of drug-likeness (QED) is 0.679. The predicted octanol–water partition coefficient (Wildman–Crippen LogP) is 1.02. The van der Waals surface area contributed by atoms with Crippen molar-refractivity contribution in [2.75, 3.05) is 26.4 Å². The fraction of sp³-hybridized carbons (Fsp3) is 0.923. The molecule has 104 valence electrons. The number of carboxylic acids is 1. The van der Waals surface area contributed by atoms with Gasteiger partial charge < -0.3 is 14.6 Å². The molecular weight excluding hydrogens is 234 g/mol. The highest BCUT2D eigenvalue weighted by Gasteiger charge is 2.51. The molecule has 18 heavy (non-hydrogen) atoms. The Bertz CT molecular complexity index is 287. The molecule has 0 amide bonds. The molecule has 2 unspecified atom stereocenters. The summed E-state index contributed by atoms with van der Waals surface area (Å²) in [5.74, 6) is -0.585. The Morgan fingerprint density at radius 2 is 2.28 bits per heavy atom. The number of aliphatic carboxylic acids is 1. The van der Waals surface area contributed by atoms with E-state index in [9.17, 15) is 9.90 Å². The SMILES string of the molecule is CCNC(COCC1CCCO1)(C(=O)O)C1CC1. The van der Waals surface area contributed by atoms with E-state index in [0.717, 1.165) is 32.3 Å². The molecule has 1 saturated heterocycles. The minimum Gasteiger partial charge on any atom is -0.480 e. The second-order valence-corrected chi connectivity index (χ2v) is 5.23. The van der Waals surface area contributed by atoms with Gasteiger partial charge in [-0.1, -0.05) is 6.92 Å². The van der Waals surface area contributed by atoms with E-state index in [4.69, 9.17) is 9.47 Å². The largest absolute Gasteiger partial charge is 0.480 e. The van der Waals surface area contributed by atoms with Gasteiger partial charge in [0.05, 0.1) is 19.3 Å². The van der Waals surface area contributed by atoms with Crippen molar-refractivity contribution in [2.24, 2.45) is 5.92 Å². The molecule has 0 spiro atoms. The van der Waals surface area contributed by atoms with E-state index in [2.05, 4.69) is 5.32 Å². The number of nitrogens with one attached hydrogen (secondary N) is 1. The van der Waals surface area contributed by atoms with Gasteiger partial charge in [-0.15, -0.1) is 0 Å². The molecule has 0 aromatic rings. The number of likely N-dealkylation sites (N-methyl/N-ethyl adjacent to an activating group) is 1. The minimum absolute atomic E-state index is 0.150. The summed E-state index contributed by atoms with van der Waals surface area (Å²) in [6.45, 7) is 4.12. The van der Waals surface area contributed by atoms with E-state index in [0.29, 0.717) is 13.2 Å². The van der Waals surface area contributed by atoms with Crippen LogP contribution in [0.15, 0.2) is 0 Å². The van der Waals surface area contributed by atoms with Crippen molar-refractivity contribution in [1.29, 1.82) is 0 Å². The molecule has 1 saturated carbocycles. The molecule has 1 aliphatic carbocycles. The molecule has 1 aliphatic heterocycles. The molecule has 5 heteroatoms. The minimum atomic E-state index is -0.895. The Morgan fingerprint density at radius 1 is 1.50 bits per heavy atom. The van der Waals surface area contributed by atoms with Gasteiger partial charge in [-0.3, -0.25) is 10.1 Å². The summed E-state index contributed by atoms with van der Waals surface area (Å²) in [7, 11) is 0. The summed E-state index contributed by atoms with van der Waals surface area (Å²) in [5.41, 5.74) is -0.895. The Morgan fingerprint density at radius 3 is 2.78 bits per heavy atom. The van der Waals surface area contributed by atoms with Gasteiger partial charge in [0.2, 0.25) is 0 Å². The van der Waals surface area contributed by atoms with Crippen LogP contribution in [0.3, 0.4) is 0 Å². The van der Waals surface area contributed by atoms with Gasteiger partial charge in [-0.05, 0) is 38.1 Å². The second-order valence-electron chi connectivity index (χ2n) is 5.23. The second kappa shape index (κ2) is 5.99. The van der Waals surface area contributed by atoms with Crippen LogP contribution in [0.2, 0.25) is 0 Å². The lowest BCUT2D eigenvalue weighted by Crippen LogP contribution is -2.57. The monoisotopic (exact) mass is 257 g/mol. The third-order valence-corrected chi connectivity index (χ3v) is 3.81. The van der Waals surface area contributed by atoms with E-state index in [1.54, 1.807) is 0 Å². The van der Waals surface area contributed by atoms with Crippen LogP contribution in [-0.2, 0) is 14.3 Å². The first-order chi connectivity index (χ1) is 8.69. The first kappa shape index (κ1) is 13.8. The third kappa shape index (κ3) is 3.02. The van der Waals surface area contributed by atoms with Crippen molar-refractivity contribution in [3.05, 3.63) is 0 Å². The Hall–Kier alpha value is -0.650. The van der Waals surface area contributed by atoms with Gasteiger partial charge in [0, 0.05) is 6.61 Å².